The van der Waals surface area contributed by atoms with E-state index in [-0.39, 0.29) is 5.24 Å². The third kappa shape index (κ3) is 5.12. The van der Waals surface area contributed by atoms with Gasteiger partial charge in [0.05, 0.1) is 6.07 Å². The molecule has 0 unspecified atom stereocenters. The fourth-order valence-corrected chi connectivity index (χ4v) is 1.70. The zero-order valence-corrected chi connectivity index (χ0v) is 10.9. The molecular weight excluding hydrogens is 256 g/mol. The first-order valence-corrected chi connectivity index (χ1v) is 6.05. The minimum Gasteiger partial charge on any atom is -0.329 e. The molecule has 0 aromatic heterocycles. The maximum absolute atomic E-state index is 11.3. The van der Waals surface area contributed by atoms with E-state index in [1.807, 2.05) is 12.1 Å². The first-order chi connectivity index (χ1) is 8.13. The quantitative estimate of drug-likeness (QED) is 0.656. The molecule has 0 radical (unpaired) electrons. The number of benzene rings is 1. The van der Waals surface area contributed by atoms with Crippen molar-refractivity contribution in [3.8, 4) is 6.07 Å². The van der Waals surface area contributed by atoms with Gasteiger partial charge in [0.1, 0.15) is 0 Å². The molecule has 1 amide bonds. The molecule has 0 spiro atoms. The number of hydrogen-bond donors (Lipinski definition) is 1. The second-order valence-corrected chi connectivity index (χ2v) is 4.41. The van der Waals surface area contributed by atoms with E-state index in [0.717, 1.165) is 5.56 Å². The Balaban J connectivity index is 2.57. The molecule has 0 saturated heterocycles. The Bertz CT molecular complexity index is 414. The van der Waals surface area contributed by atoms with Crippen LogP contribution >= 0.6 is 24.2 Å². The van der Waals surface area contributed by atoms with Gasteiger partial charge in [0, 0.05) is 24.5 Å². The minimum atomic E-state index is -0.280. The molecule has 5 heteroatoms. The summed E-state index contributed by atoms with van der Waals surface area (Å²) in [4.78, 5) is 12.9. The average Bonchev–Trinajstić information content (AvgIpc) is 2.30. The van der Waals surface area contributed by atoms with Crippen LogP contribution in [0.3, 0.4) is 0 Å². The van der Waals surface area contributed by atoms with Crippen molar-refractivity contribution in [1.82, 2.24) is 4.90 Å². The van der Waals surface area contributed by atoms with Gasteiger partial charge in [-0.25, -0.2) is 0 Å². The van der Waals surface area contributed by atoms with Gasteiger partial charge in [-0.15, -0.1) is 0 Å². The molecule has 0 N–H and O–H groups in total. The van der Waals surface area contributed by atoms with Crippen LogP contribution in [0.25, 0.3) is 0 Å². The Hall–Kier alpha value is -1.18. The second-order valence-electron chi connectivity index (χ2n) is 3.59. The van der Waals surface area contributed by atoms with Gasteiger partial charge in [0.25, 0.3) is 5.24 Å². The highest BCUT2D eigenvalue weighted by Gasteiger charge is 2.09. The number of halogens is 1. The number of nitrogens with zero attached hydrogens (tertiary/aromatic N) is 2. The van der Waals surface area contributed by atoms with E-state index in [0.29, 0.717) is 31.0 Å². The van der Waals surface area contributed by atoms with E-state index in [1.54, 1.807) is 17.0 Å². The SMILES string of the molecule is N#CCCCN(Cc1ccc(Cl)cc1)C(=O)S. The Morgan fingerprint density at radius 2 is 2.06 bits per heavy atom. The first-order valence-electron chi connectivity index (χ1n) is 5.22. The van der Waals surface area contributed by atoms with Crippen LogP contribution in [0.1, 0.15) is 18.4 Å². The lowest BCUT2D eigenvalue weighted by molar-refractivity contribution is 0.220. The summed E-state index contributed by atoms with van der Waals surface area (Å²) in [7, 11) is 0. The molecule has 1 aromatic rings. The van der Waals surface area contributed by atoms with Crippen molar-refractivity contribution in [1.29, 1.82) is 5.26 Å². The number of carbonyl (C=O) groups is 1. The number of nitriles is 1. The lowest BCUT2D eigenvalue weighted by Gasteiger charge is -2.19. The molecule has 0 aliphatic rings. The lowest BCUT2D eigenvalue weighted by Crippen LogP contribution is -2.26. The topological polar surface area (TPSA) is 44.1 Å². The van der Waals surface area contributed by atoms with Crippen LogP contribution in [0, 0.1) is 11.3 Å². The lowest BCUT2D eigenvalue weighted by atomic mass is 10.2. The van der Waals surface area contributed by atoms with E-state index in [9.17, 15) is 4.79 Å². The molecule has 90 valence electrons. The van der Waals surface area contributed by atoms with E-state index >= 15 is 0 Å². The van der Waals surface area contributed by atoms with Crippen molar-refractivity contribution in [2.45, 2.75) is 19.4 Å². The van der Waals surface area contributed by atoms with Crippen LogP contribution in [0.2, 0.25) is 5.02 Å². The molecule has 0 saturated carbocycles. The molecule has 0 bridgehead atoms. The molecule has 0 heterocycles. The van der Waals surface area contributed by atoms with Crippen molar-refractivity contribution in [2.24, 2.45) is 0 Å². The summed E-state index contributed by atoms with van der Waals surface area (Å²) in [5, 5.41) is 8.84. The molecule has 17 heavy (non-hydrogen) atoms. The van der Waals surface area contributed by atoms with Crippen LogP contribution in [0.15, 0.2) is 24.3 Å². The molecule has 0 fully saturated rings. The zero-order chi connectivity index (χ0) is 12.7. The van der Waals surface area contributed by atoms with E-state index in [2.05, 4.69) is 18.7 Å². The van der Waals surface area contributed by atoms with Gasteiger partial charge in [-0.1, -0.05) is 36.4 Å². The maximum atomic E-state index is 11.3. The fourth-order valence-electron chi connectivity index (χ4n) is 1.40. The normalized spacial score (nSPS) is 9.71. The summed E-state index contributed by atoms with van der Waals surface area (Å²) in [5.74, 6) is 0. The van der Waals surface area contributed by atoms with Crippen molar-refractivity contribution in [3.63, 3.8) is 0 Å². The third-order valence-corrected chi connectivity index (χ3v) is 2.81. The largest absolute Gasteiger partial charge is 0.329 e. The maximum Gasteiger partial charge on any atom is 0.278 e. The van der Waals surface area contributed by atoms with Gasteiger partial charge in [0.15, 0.2) is 0 Å². The predicted molar refractivity (Wildman–Crippen MR) is 71.1 cm³/mol. The van der Waals surface area contributed by atoms with Crippen LogP contribution < -0.4 is 0 Å². The van der Waals surface area contributed by atoms with Crippen LogP contribution in [0.5, 0.6) is 0 Å². The number of thiol groups is 1. The summed E-state index contributed by atoms with van der Waals surface area (Å²) in [6.07, 6.45) is 1.11. The third-order valence-electron chi connectivity index (χ3n) is 2.27. The fraction of sp³-hybridized carbons (Fsp3) is 0.333. The smallest absolute Gasteiger partial charge is 0.278 e. The summed E-state index contributed by atoms with van der Waals surface area (Å²) < 4.78 is 0. The Morgan fingerprint density at radius 3 is 2.59 bits per heavy atom. The highest BCUT2D eigenvalue weighted by Crippen LogP contribution is 2.13. The van der Waals surface area contributed by atoms with Crippen molar-refractivity contribution in [2.75, 3.05) is 6.54 Å². The summed E-state index contributed by atoms with van der Waals surface area (Å²) in [6, 6.07) is 9.37. The number of amides is 1. The summed E-state index contributed by atoms with van der Waals surface area (Å²) in [6.45, 7) is 1.03. The van der Waals surface area contributed by atoms with E-state index < -0.39 is 0 Å². The summed E-state index contributed by atoms with van der Waals surface area (Å²) >= 11 is 9.61. The van der Waals surface area contributed by atoms with Gasteiger partial charge in [0.2, 0.25) is 0 Å². The summed E-state index contributed by atoms with van der Waals surface area (Å²) in [5.41, 5.74) is 0.994. The van der Waals surface area contributed by atoms with E-state index in [1.165, 1.54) is 0 Å². The first kappa shape index (κ1) is 13.9. The Morgan fingerprint density at radius 1 is 1.41 bits per heavy atom. The number of rotatable bonds is 5. The average molecular weight is 269 g/mol. The van der Waals surface area contributed by atoms with Gasteiger partial charge in [-0.05, 0) is 24.1 Å². The monoisotopic (exact) mass is 268 g/mol. The van der Waals surface area contributed by atoms with Crippen molar-refractivity contribution >= 4 is 29.5 Å². The van der Waals surface area contributed by atoms with Crippen LogP contribution in [-0.4, -0.2) is 16.7 Å². The second kappa shape index (κ2) is 7.21. The van der Waals surface area contributed by atoms with Gasteiger partial charge < -0.3 is 4.90 Å². The predicted octanol–water partition coefficient (Wildman–Crippen LogP) is 3.50. The highest BCUT2D eigenvalue weighted by atomic mass is 35.5. The Labute approximate surface area is 111 Å². The molecule has 0 atom stereocenters. The standard InChI is InChI=1S/C12H13ClN2OS/c13-11-5-3-10(4-6-11)9-15(12(16)17)8-2-1-7-14/h3-6H,1-2,8-9H2,(H,16,17). The molecule has 3 nitrogen and oxygen atoms in total. The number of carbonyl (C=O) groups excluding carboxylic acids is 1. The van der Waals surface area contributed by atoms with Crippen molar-refractivity contribution < 1.29 is 4.79 Å². The molecular formula is C12H13ClN2OS. The Kier molecular flexibility index (Phi) is 5.88. The van der Waals surface area contributed by atoms with Gasteiger partial charge >= 0.3 is 0 Å². The number of unbranched alkanes of at least 4 members (excludes halogenated alkanes) is 1. The highest BCUT2D eigenvalue weighted by molar-refractivity contribution is 7.96. The van der Waals surface area contributed by atoms with Crippen molar-refractivity contribution in [3.05, 3.63) is 34.9 Å². The minimum absolute atomic E-state index is 0.280. The molecule has 0 aliphatic carbocycles. The van der Waals surface area contributed by atoms with Gasteiger partial charge in [-0.2, -0.15) is 5.26 Å². The van der Waals surface area contributed by atoms with E-state index in [4.69, 9.17) is 16.9 Å². The molecule has 1 rings (SSSR count). The van der Waals surface area contributed by atoms with Crippen LogP contribution in [-0.2, 0) is 6.54 Å². The molecule has 0 aliphatic heterocycles. The molecule has 1 aromatic carbocycles. The van der Waals surface area contributed by atoms with Crippen LogP contribution in [0.4, 0.5) is 4.79 Å². The van der Waals surface area contributed by atoms with Gasteiger partial charge in [-0.3, -0.25) is 4.79 Å². The number of hydrogen-bond acceptors (Lipinski definition) is 2. The zero-order valence-electron chi connectivity index (χ0n) is 9.27.